The maximum atomic E-state index is 11.9. The van der Waals surface area contributed by atoms with Gasteiger partial charge in [-0.1, -0.05) is 0 Å². The molecule has 1 heterocycles. The first kappa shape index (κ1) is 16.7. The Labute approximate surface area is 125 Å². The molecule has 0 saturated heterocycles. The van der Waals surface area contributed by atoms with Crippen LogP contribution in [0.25, 0.3) is 0 Å². The van der Waals surface area contributed by atoms with Crippen LogP contribution >= 0.6 is 15.9 Å². The third kappa shape index (κ3) is 4.35. The quantitative estimate of drug-likeness (QED) is 0.816. The molecule has 0 fully saturated rings. The van der Waals surface area contributed by atoms with Gasteiger partial charge in [-0.25, -0.2) is 4.79 Å². The molecule has 0 radical (unpaired) electrons. The normalized spacial score (nSPS) is 12.4. The molecule has 0 aromatic carbocycles. The Morgan fingerprint density at radius 1 is 1.50 bits per heavy atom. The number of methoxy groups -OCH3 is 1. The summed E-state index contributed by atoms with van der Waals surface area (Å²) < 4.78 is 12.1. The molecule has 0 aliphatic rings. The highest BCUT2D eigenvalue weighted by Crippen LogP contribution is 2.23. The van der Waals surface area contributed by atoms with Gasteiger partial charge in [-0.15, -0.1) is 0 Å². The fourth-order valence-corrected chi connectivity index (χ4v) is 2.16. The molecule has 0 saturated carbocycles. The van der Waals surface area contributed by atoms with Crippen LogP contribution in [0.15, 0.2) is 21.5 Å². The summed E-state index contributed by atoms with van der Waals surface area (Å²) in [6, 6.07) is 0.307. The van der Waals surface area contributed by atoms with E-state index in [2.05, 4.69) is 15.9 Å². The zero-order valence-electron chi connectivity index (χ0n) is 11.6. The lowest BCUT2D eigenvalue weighted by Crippen LogP contribution is -2.30. The summed E-state index contributed by atoms with van der Waals surface area (Å²) in [5.41, 5.74) is -0.408. The van der Waals surface area contributed by atoms with Crippen molar-refractivity contribution in [3.8, 4) is 5.75 Å². The zero-order chi connectivity index (χ0) is 15.3. The topological polar surface area (TPSA) is 77.8 Å². The standard InChI is InChI=1S/C13H18BrNO5/c1-8(2)20-5-4-10(13(17)18)15-7-11(19-3)9(14)6-12(15)16/h6-8,10H,4-5H2,1-3H3,(H,17,18). The molecule has 1 unspecified atom stereocenters. The second-order valence-corrected chi connectivity index (χ2v) is 5.35. The molecule has 0 amide bonds. The van der Waals surface area contributed by atoms with E-state index in [-0.39, 0.29) is 19.1 Å². The molecule has 20 heavy (non-hydrogen) atoms. The van der Waals surface area contributed by atoms with Gasteiger partial charge >= 0.3 is 5.97 Å². The first-order valence-corrected chi connectivity index (χ1v) is 6.96. The molecule has 1 aromatic rings. The van der Waals surface area contributed by atoms with Crippen molar-refractivity contribution >= 4 is 21.9 Å². The number of nitrogens with zero attached hydrogens (tertiary/aromatic N) is 1. The van der Waals surface area contributed by atoms with Gasteiger partial charge in [0.05, 0.1) is 23.9 Å². The number of halogens is 1. The largest absolute Gasteiger partial charge is 0.494 e. The summed E-state index contributed by atoms with van der Waals surface area (Å²) >= 11 is 3.19. The van der Waals surface area contributed by atoms with E-state index in [1.807, 2.05) is 13.8 Å². The number of aliphatic carboxylic acids is 1. The molecular formula is C13H18BrNO5. The molecule has 1 aromatic heterocycles. The molecule has 112 valence electrons. The van der Waals surface area contributed by atoms with Gasteiger partial charge in [0.1, 0.15) is 11.8 Å². The number of rotatable bonds is 7. The molecule has 0 aliphatic carbocycles. The number of hydrogen-bond donors (Lipinski definition) is 1. The Morgan fingerprint density at radius 2 is 2.15 bits per heavy atom. The lowest BCUT2D eigenvalue weighted by Gasteiger charge is -2.17. The minimum atomic E-state index is -1.08. The van der Waals surface area contributed by atoms with Crippen LogP contribution in [-0.2, 0) is 9.53 Å². The van der Waals surface area contributed by atoms with Gasteiger partial charge in [0, 0.05) is 19.1 Å². The molecule has 1 rings (SSSR count). The van der Waals surface area contributed by atoms with E-state index in [1.54, 1.807) is 0 Å². The van der Waals surface area contributed by atoms with Gasteiger partial charge in [0.25, 0.3) is 5.56 Å². The highest BCUT2D eigenvalue weighted by Gasteiger charge is 2.22. The van der Waals surface area contributed by atoms with Crippen LogP contribution in [0.1, 0.15) is 26.3 Å². The second kappa shape index (κ2) is 7.44. The maximum Gasteiger partial charge on any atom is 0.326 e. The van der Waals surface area contributed by atoms with Crippen LogP contribution in [0.5, 0.6) is 5.75 Å². The average molecular weight is 348 g/mol. The van der Waals surface area contributed by atoms with Crippen molar-refractivity contribution < 1.29 is 19.4 Å². The van der Waals surface area contributed by atoms with Gasteiger partial charge in [0.2, 0.25) is 0 Å². The van der Waals surface area contributed by atoms with E-state index in [0.29, 0.717) is 10.2 Å². The summed E-state index contributed by atoms with van der Waals surface area (Å²) in [7, 11) is 1.45. The molecule has 7 heteroatoms. The predicted molar refractivity (Wildman–Crippen MR) is 77.3 cm³/mol. The van der Waals surface area contributed by atoms with Gasteiger partial charge < -0.3 is 14.6 Å². The molecule has 1 atom stereocenters. The van der Waals surface area contributed by atoms with Crippen LogP contribution < -0.4 is 10.3 Å². The molecule has 6 nitrogen and oxygen atoms in total. The minimum absolute atomic E-state index is 0.0145. The van der Waals surface area contributed by atoms with Crippen LogP contribution in [0.2, 0.25) is 0 Å². The summed E-state index contributed by atoms with van der Waals surface area (Å²) in [5.74, 6) is -0.676. The third-order valence-corrected chi connectivity index (χ3v) is 3.30. The number of hydrogen-bond acceptors (Lipinski definition) is 4. The Bertz CT molecular complexity index is 526. The maximum absolute atomic E-state index is 11.9. The summed E-state index contributed by atoms with van der Waals surface area (Å²) in [6.07, 6.45) is 1.61. The highest BCUT2D eigenvalue weighted by molar-refractivity contribution is 9.10. The van der Waals surface area contributed by atoms with Crippen molar-refractivity contribution in [2.75, 3.05) is 13.7 Å². The molecular weight excluding hydrogens is 330 g/mol. The number of ether oxygens (including phenoxy) is 2. The number of carbonyl (C=O) groups is 1. The van der Waals surface area contributed by atoms with E-state index in [1.165, 1.54) is 19.4 Å². The van der Waals surface area contributed by atoms with Crippen molar-refractivity contribution in [3.63, 3.8) is 0 Å². The second-order valence-electron chi connectivity index (χ2n) is 4.50. The number of pyridine rings is 1. The zero-order valence-corrected chi connectivity index (χ0v) is 13.2. The molecule has 0 aliphatic heterocycles. The lowest BCUT2D eigenvalue weighted by atomic mass is 10.2. The first-order chi connectivity index (χ1) is 9.36. The van der Waals surface area contributed by atoms with Crippen molar-refractivity contribution in [1.82, 2.24) is 4.57 Å². The first-order valence-electron chi connectivity index (χ1n) is 6.17. The molecule has 1 N–H and O–H groups in total. The van der Waals surface area contributed by atoms with Gasteiger partial charge in [-0.05, 0) is 29.8 Å². The van der Waals surface area contributed by atoms with E-state index >= 15 is 0 Å². The Morgan fingerprint density at radius 3 is 2.65 bits per heavy atom. The van der Waals surface area contributed by atoms with Gasteiger partial charge in [0.15, 0.2) is 0 Å². The summed E-state index contributed by atoms with van der Waals surface area (Å²) in [6.45, 7) is 3.99. The SMILES string of the molecule is COc1cn(C(CCOC(C)C)C(=O)O)c(=O)cc1Br. The fraction of sp³-hybridized carbons (Fsp3) is 0.538. The monoisotopic (exact) mass is 347 g/mol. The van der Waals surface area contributed by atoms with Crippen molar-refractivity contribution in [2.45, 2.75) is 32.4 Å². The number of carboxylic acid groups (broad SMARTS) is 1. The third-order valence-electron chi connectivity index (χ3n) is 2.68. The Hall–Kier alpha value is -1.34. The van der Waals surface area contributed by atoms with E-state index in [9.17, 15) is 14.7 Å². The average Bonchev–Trinajstić information content (AvgIpc) is 2.35. The van der Waals surface area contributed by atoms with Crippen LogP contribution in [0.3, 0.4) is 0 Å². The molecule has 0 spiro atoms. The van der Waals surface area contributed by atoms with Crippen molar-refractivity contribution in [2.24, 2.45) is 0 Å². The van der Waals surface area contributed by atoms with Crippen LogP contribution in [0, 0.1) is 0 Å². The van der Waals surface area contributed by atoms with Crippen LogP contribution in [-0.4, -0.2) is 35.5 Å². The predicted octanol–water partition coefficient (Wildman–Crippen LogP) is 2.06. The van der Waals surface area contributed by atoms with E-state index in [4.69, 9.17) is 9.47 Å². The molecule has 0 bridgehead atoms. The van der Waals surface area contributed by atoms with E-state index in [0.717, 1.165) is 4.57 Å². The van der Waals surface area contributed by atoms with Crippen LogP contribution in [0.4, 0.5) is 0 Å². The highest BCUT2D eigenvalue weighted by atomic mass is 79.9. The summed E-state index contributed by atoms with van der Waals surface area (Å²) in [4.78, 5) is 23.3. The van der Waals surface area contributed by atoms with Crippen molar-refractivity contribution in [1.29, 1.82) is 0 Å². The van der Waals surface area contributed by atoms with Gasteiger partial charge in [-0.2, -0.15) is 0 Å². The lowest BCUT2D eigenvalue weighted by molar-refractivity contribution is -0.141. The fourth-order valence-electron chi connectivity index (χ4n) is 1.70. The number of carboxylic acids is 1. The number of aromatic nitrogens is 1. The minimum Gasteiger partial charge on any atom is -0.494 e. The summed E-state index contributed by atoms with van der Waals surface area (Å²) in [5, 5.41) is 9.28. The Kier molecular flexibility index (Phi) is 6.22. The smallest absolute Gasteiger partial charge is 0.326 e. The van der Waals surface area contributed by atoms with Crippen molar-refractivity contribution in [3.05, 3.63) is 27.1 Å². The van der Waals surface area contributed by atoms with E-state index < -0.39 is 17.6 Å². The van der Waals surface area contributed by atoms with Gasteiger partial charge in [-0.3, -0.25) is 9.36 Å². The Balaban J connectivity index is 3.03.